The van der Waals surface area contributed by atoms with E-state index >= 15 is 0 Å². The number of nitrogens with one attached hydrogen (secondary N) is 1. The van der Waals surface area contributed by atoms with Crippen LogP contribution in [0, 0.1) is 0 Å². The Labute approximate surface area is 97.2 Å². The number of rotatable bonds is 2. The average Bonchev–Trinajstić information content (AvgIpc) is 2.58. The first-order valence-corrected chi connectivity index (χ1v) is 5.67. The van der Waals surface area contributed by atoms with Gasteiger partial charge in [0.1, 0.15) is 5.82 Å². The quantitative estimate of drug-likeness (QED) is 0.838. The van der Waals surface area contributed by atoms with Crippen molar-refractivity contribution >= 4 is 27.7 Å². The van der Waals surface area contributed by atoms with Crippen molar-refractivity contribution in [3.05, 3.63) is 10.7 Å². The van der Waals surface area contributed by atoms with Gasteiger partial charge in [0, 0.05) is 18.8 Å². The Morgan fingerprint density at radius 1 is 1.67 bits per heavy atom. The number of nitrogens with zero attached hydrogens (tertiary/aromatic N) is 3. The number of hydrogen-bond acceptors (Lipinski definition) is 5. The highest BCUT2D eigenvalue weighted by molar-refractivity contribution is 9.10. The van der Waals surface area contributed by atoms with E-state index in [2.05, 4.69) is 43.2 Å². The van der Waals surface area contributed by atoms with E-state index in [1.807, 2.05) is 0 Å². The summed E-state index contributed by atoms with van der Waals surface area (Å²) in [5.41, 5.74) is 5.54. The summed E-state index contributed by atoms with van der Waals surface area (Å²) in [5, 5.41) is 3.36. The topological polar surface area (TPSA) is 67.1 Å². The molecule has 2 heterocycles. The summed E-state index contributed by atoms with van der Waals surface area (Å²) in [7, 11) is 2.12. The van der Waals surface area contributed by atoms with E-state index in [-0.39, 0.29) is 0 Å². The molecule has 5 nitrogen and oxygen atoms in total. The molecule has 1 aliphatic rings. The summed E-state index contributed by atoms with van der Waals surface area (Å²) in [6.07, 6.45) is 2.80. The number of nitrogens with two attached hydrogens (primary N) is 1. The molecule has 0 amide bonds. The molecule has 0 aromatic carbocycles. The molecule has 0 radical (unpaired) electrons. The van der Waals surface area contributed by atoms with Crippen molar-refractivity contribution < 1.29 is 0 Å². The van der Waals surface area contributed by atoms with Gasteiger partial charge < -0.3 is 16.0 Å². The van der Waals surface area contributed by atoms with Crippen LogP contribution in [0.15, 0.2) is 10.7 Å². The molecule has 82 valence electrons. The third kappa shape index (κ3) is 2.57. The van der Waals surface area contributed by atoms with Gasteiger partial charge in [0.2, 0.25) is 5.95 Å². The minimum absolute atomic E-state index is 0.298. The molecule has 2 rings (SSSR count). The zero-order valence-corrected chi connectivity index (χ0v) is 10.2. The minimum Gasteiger partial charge on any atom is -0.368 e. The SMILES string of the molecule is CN1CCC(Nc2nc(N)ncc2Br)C1. The summed E-state index contributed by atoms with van der Waals surface area (Å²) in [4.78, 5) is 10.3. The van der Waals surface area contributed by atoms with Crippen molar-refractivity contribution in [2.24, 2.45) is 0 Å². The van der Waals surface area contributed by atoms with Crippen LogP contribution in [-0.4, -0.2) is 41.0 Å². The Balaban J connectivity index is 2.07. The van der Waals surface area contributed by atoms with Gasteiger partial charge in [0.05, 0.1) is 4.47 Å². The van der Waals surface area contributed by atoms with Crippen molar-refractivity contribution in [2.75, 3.05) is 31.2 Å². The molecule has 0 aliphatic carbocycles. The molecule has 1 aliphatic heterocycles. The Morgan fingerprint density at radius 2 is 2.47 bits per heavy atom. The average molecular weight is 272 g/mol. The second-order valence-electron chi connectivity index (χ2n) is 3.82. The van der Waals surface area contributed by atoms with Gasteiger partial charge in [-0.25, -0.2) is 4.98 Å². The fourth-order valence-electron chi connectivity index (χ4n) is 1.73. The van der Waals surface area contributed by atoms with Crippen molar-refractivity contribution in [3.8, 4) is 0 Å². The Hall–Kier alpha value is -0.880. The van der Waals surface area contributed by atoms with Crippen molar-refractivity contribution in [2.45, 2.75) is 12.5 Å². The van der Waals surface area contributed by atoms with E-state index in [1.165, 1.54) is 0 Å². The largest absolute Gasteiger partial charge is 0.368 e. The van der Waals surface area contributed by atoms with E-state index in [9.17, 15) is 0 Å². The zero-order chi connectivity index (χ0) is 10.8. The van der Waals surface area contributed by atoms with E-state index < -0.39 is 0 Å². The van der Waals surface area contributed by atoms with Gasteiger partial charge in [0.25, 0.3) is 0 Å². The normalized spacial score (nSPS) is 21.9. The lowest BCUT2D eigenvalue weighted by atomic mass is 10.2. The number of likely N-dealkylation sites (tertiary alicyclic amines) is 1. The molecular weight excluding hydrogens is 258 g/mol. The van der Waals surface area contributed by atoms with E-state index in [0.29, 0.717) is 12.0 Å². The molecule has 1 aromatic heterocycles. The van der Waals surface area contributed by atoms with Gasteiger partial charge in [-0.05, 0) is 35.9 Å². The van der Waals surface area contributed by atoms with Crippen LogP contribution in [0.4, 0.5) is 11.8 Å². The number of likely N-dealkylation sites (N-methyl/N-ethyl adjacent to an activating group) is 1. The third-order valence-electron chi connectivity index (χ3n) is 2.49. The third-order valence-corrected chi connectivity index (χ3v) is 3.08. The second-order valence-corrected chi connectivity index (χ2v) is 4.67. The van der Waals surface area contributed by atoms with Crippen molar-refractivity contribution in [1.29, 1.82) is 0 Å². The maximum Gasteiger partial charge on any atom is 0.221 e. The Bertz CT molecular complexity index is 356. The highest BCUT2D eigenvalue weighted by Gasteiger charge is 2.20. The van der Waals surface area contributed by atoms with E-state index in [1.54, 1.807) is 6.20 Å². The summed E-state index contributed by atoms with van der Waals surface area (Å²) in [5.74, 6) is 1.08. The van der Waals surface area contributed by atoms with E-state index in [4.69, 9.17) is 5.73 Å². The number of anilines is 2. The van der Waals surface area contributed by atoms with Gasteiger partial charge in [0.15, 0.2) is 0 Å². The van der Waals surface area contributed by atoms with Crippen LogP contribution in [0.2, 0.25) is 0 Å². The number of hydrogen-bond donors (Lipinski definition) is 2. The van der Waals surface area contributed by atoms with Crippen LogP contribution in [-0.2, 0) is 0 Å². The van der Waals surface area contributed by atoms with Crippen molar-refractivity contribution in [1.82, 2.24) is 14.9 Å². The van der Waals surface area contributed by atoms with Gasteiger partial charge in [-0.15, -0.1) is 0 Å². The highest BCUT2D eigenvalue weighted by Crippen LogP contribution is 2.21. The van der Waals surface area contributed by atoms with Gasteiger partial charge in [-0.3, -0.25) is 0 Å². The fourth-order valence-corrected chi connectivity index (χ4v) is 2.03. The summed E-state index contributed by atoms with van der Waals surface area (Å²) < 4.78 is 0.853. The zero-order valence-electron chi connectivity index (χ0n) is 8.57. The highest BCUT2D eigenvalue weighted by atomic mass is 79.9. The molecule has 0 saturated carbocycles. The van der Waals surface area contributed by atoms with Gasteiger partial charge in [-0.2, -0.15) is 4.98 Å². The molecular formula is C9H14BrN5. The van der Waals surface area contributed by atoms with Crippen LogP contribution in [0.5, 0.6) is 0 Å². The number of halogens is 1. The molecule has 1 aromatic rings. The molecule has 1 unspecified atom stereocenters. The summed E-state index contributed by atoms with van der Waals surface area (Å²) >= 11 is 3.40. The molecule has 1 fully saturated rings. The fraction of sp³-hybridized carbons (Fsp3) is 0.556. The maximum absolute atomic E-state index is 5.54. The molecule has 0 bridgehead atoms. The monoisotopic (exact) mass is 271 g/mol. The molecule has 0 spiro atoms. The van der Waals surface area contributed by atoms with Gasteiger partial charge in [-0.1, -0.05) is 0 Å². The standard InChI is InChI=1S/C9H14BrN5/c1-15-3-2-6(5-15)13-8-7(10)4-12-9(11)14-8/h4,6H,2-3,5H2,1H3,(H3,11,12,13,14). The summed E-state index contributed by atoms with van der Waals surface area (Å²) in [6, 6.07) is 0.445. The molecule has 3 N–H and O–H groups in total. The first-order chi connectivity index (χ1) is 7.15. The lowest BCUT2D eigenvalue weighted by Gasteiger charge is -2.14. The molecule has 15 heavy (non-hydrogen) atoms. The molecule has 1 atom stereocenters. The first kappa shape index (κ1) is 10.6. The maximum atomic E-state index is 5.54. The predicted molar refractivity (Wildman–Crippen MR) is 63.7 cm³/mol. The molecule has 1 saturated heterocycles. The van der Waals surface area contributed by atoms with Crippen molar-refractivity contribution in [3.63, 3.8) is 0 Å². The number of aromatic nitrogens is 2. The number of nitrogen functional groups attached to an aromatic ring is 1. The van der Waals surface area contributed by atoms with Crippen LogP contribution in [0.25, 0.3) is 0 Å². The van der Waals surface area contributed by atoms with Crippen LogP contribution in [0.1, 0.15) is 6.42 Å². The van der Waals surface area contributed by atoms with Crippen LogP contribution < -0.4 is 11.1 Å². The second kappa shape index (κ2) is 4.32. The predicted octanol–water partition coefficient (Wildman–Crippen LogP) is 0.937. The van der Waals surface area contributed by atoms with Gasteiger partial charge >= 0.3 is 0 Å². The first-order valence-electron chi connectivity index (χ1n) is 4.88. The lowest BCUT2D eigenvalue weighted by Crippen LogP contribution is -2.24. The Kier molecular flexibility index (Phi) is 3.06. The summed E-state index contributed by atoms with van der Waals surface area (Å²) in [6.45, 7) is 2.16. The van der Waals surface area contributed by atoms with Crippen LogP contribution >= 0.6 is 15.9 Å². The molecule has 6 heteroatoms. The van der Waals surface area contributed by atoms with Crippen LogP contribution in [0.3, 0.4) is 0 Å². The lowest BCUT2D eigenvalue weighted by molar-refractivity contribution is 0.414. The Morgan fingerprint density at radius 3 is 3.13 bits per heavy atom. The minimum atomic E-state index is 0.298. The van der Waals surface area contributed by atoms with E-state index in [0.717, 1.165) is 29.8 Å². The smallest absolute Gasteiger partial charge is 0.221 e.